The van der Waals surface area contributed by atoms with Crippen LogP contribution in [0.5, 0.6) is 0 Å². The van der Waals surface area contributed by atoms with Gasteiger partial charge in [-0.1, -0.05) is 111 Å². The smallest absolute Gasteiger partial charge is 0.306 e. The summed E-state index contributed by atoms with van der Waals surface area (Å²) in [6.07, 6.45) is 21.8. The van der Waals surface area contributed by atoms with Crippen LogP contribution in [0.3, 0.4) is 0 Å². The van der Waals surface area contributed by atoms with Gasteiger partial charge >= 0.3 is 5.97 Å². The normalized spacial score (nSPS) is 44.0. The van der Waals surface area contributed by atoms with Gasteiger partial charge in [0.1, 0.15) is 6.10 Å². The van der Waals surface area contributed by atoms with Gasteiger partial charge in [-0.15, -0.1) is 0 Å². The van der Waals surface area contributed by atoms with Crippen molar-refractivity contribution in [2.75, 3.05) is 0 Å². The molecule has 0 aromatic carbocycles. The molecule has 214 valence electrons. The van der Waals surface area contributed by atoms with Crippen molar-refractivity contribution >= 4 is 37.8 Å². The van der Waals surface area contributed by atoms with Crippen LogP contribution in [-0.2, 0) is 9.53 Å². The van der Waals surface area contributed by atoms with Crippen LogP contribution in [-0.4, -0.2) is 21.2 Å². The zero-order valence-corrected chi connectivity index (χ0v) is 27.8. The Morgan fingerprint density at radius 3 is 2.43 bits per heavy atom. The number of carbonyl (C=O) groups is 1. The largest absolute Gasteiger partial charge is 0.462 e. The third-order valence-corrected chi connectivity index (χ3v) is 15.9. The van der Waals surface area contributed by atoms with Gasteiger partial charge < -0.3 is 4.74 Å². The lowest BCUT2D eigenvalue weighted by Crippen LogP contribution is -2.64. The SMILES string of the molecule is CCCCCCCC[C@H]1CC[C@H]2[C@@H]3CC(Br)C4(Br)C[C@@H](OC(=O)CC(C)CC)CC[C@]4(C)[C@H]3CC[C@]12C. The summed E-state index contributed by atoms with van der Waals surface area (Å²) in [5, 5.41) is 0. The highest BCUT2D eigenvalue weighted by atomic mass is 79.9. The van der Waals surface area contributed by atoms with E-state index in [0.717, 1.165) is 42.9 Å². The van der Waals surface area contributed by atoms with Crippen LogP contribution in [0.25, 0.3) is 0 Å². The topological polar surface area (TPSA) is 26.3 Å². The molecule has 4 fully saturated rings. The first kappa shape index (κ1) is 30.4. The van der Waals surface area contributed by atoms with Crippen LogP contribution in [0.2, 0.25) is 0 Å². The van der Waals surface area contributed by atoms with Gasteiger partial charge in [0, 0.05) is 22.0 Å². The molecule has 4 aliphatic rings. The number of ether oxygens (including phenoxy) is 1. The van der Waals surface area contributed by atoms with Crippen molar-refractivity contribution in [3.05, 3.63) is 0 Å². The van der Waals surface area contributed by atoms with E-state index in [1.165, 1.54) is 83.5 Å². The number of hydrogen-bond acceptors (Lipinski definition) is 2. The first-order chi connectivity index (χ1) is 17.6. The van der Waals surface area contributed by atoms with Gasteiger partial charge in [-0.2, -0.15) is 0 Å². The molecule has 4 saturated carbocycles. The molecular weight excluding hydrogens is 588 g/mol. The highest BCUT2D eigenvalue weighted by Gasteiger charge is 2.66. The maximum Gasteiger partial charge on any atom is 0.306 e. The van der Waals surface area contributed by atoms with E-state index in [2.05, 4.69) is 66.5 Å². The summed E-state index contributed by atoms with van der Waals surface area (Å²) in [5.74, 6) is 3.90. The van der Waals surface area contributed by atoms with Crippen molar-refractivity contribution in [2.45, 2.75) is 159 Å². The standard InChI is InChI=1S/C33H56Br2O2/c1-6-8-9-10-11-12-13-24-14-15-27-26-21-29(34)33(35)22-25(37-30(36)20-23(3)7-2)16-19-32(33,5)28(26)17-18-31(24,27)4/h23-29H,6-22H2,1-5H3/t23?,24-,25-,26-,27-,28-,29?,31+,32+,33?/m0/s1. The number of halogens is 2. The Labute approximate surface area is 245 Å². The molecule has 10 atom stereocenters. The van der Waals surface area contributed by atoms with Crippen molar-refractivity contribution < 1.29 is 9.53 Å². The predicted octanol–water partition coefficient (Wildman–Crippen LogP) is 10.6. The van der Waals surface area contributed by atoms with E-state index in [-0.39, 0.29) is 21.8 Å². The van der Waals surface area contributed by atoms with E-state index < -0.39 is 0 Å². The number of hydrogen-bond donors (Lipinski definition) is 0. The van der Waals surface area contributed by atoms with Crippen LogP contribution in [0, 0.1) is 40.4 Å². The molecule has 0 amide bonds. The maximum absolute atomic E-state index is 12.6. The van der Waals surface area contributed by atoms with Crippen molar-refractivity contribution in [3.63, 3.8) is 0 Å². The molecular formula is C33H56Br2O2. The molecule has 37 heavy (non-hydrogen) atoms. The van der Waals surface area contributed by atoms with Crippen LogP contribution in [0.15, 0.2) is 0 Å². The lowest BCUT2D eigenvalue weighted by atomic mass is 9.44. The molecule has 0 N–H and O–H groups in total. The maximum atomic E-state index is 12.6. The van der Waals surface area contributed by atoms with Crippen molar-refractivity contribution in [1.82, 2.24) is 0 Å². The lowest BCUT2D eigenvalue weighted by Gasteiger charge is -2.65. The Kier molecular flexibility index (Phi) is 10.3. The van der Waals surface area contributed by atoms with Gasteiger partial charge in [0.2, 0.25) is 0 Å². The molecule has 0 aromatic rings. The van der Waals surface area contributed by atoms with Gasteiger partial charge in [-0.05, 0) is 91.8 Å². The molecule has 0 radical (unpaired) electrons. The molecule has 0 aromatic heterocycles. The van der Waals surface area contributed by atoms with E-state index >= 15 is 0 Å². The van der Waals surface area contributed by atoms with Crippen LogP contribution in [0.4, 0.5) is 0 Å². The molecule has 0 saturated heterocycles. The number of carbonyl (C=O) groups excluding carboxylic acids is 1. The Bertz CT molecular complexity index is 771. The number of fused-ring (bicyclic) bond motifs is 5. The first-order valence-electron chi connectivity index (χ1n) is 16.1. The molecule has 0 aliphatic heterocycles. The molecule has 0 heterocycles. The second kappa shape index (κ2) is 12.5. The average molecular weight is 645 g/mol. The molecule has 3 unspecified atom stereocenters. The van der Waals surface area contributed by atoms with Crippen molar-refractivity contribution in [2.24, 2.45) is 40.4 Å². The zero-order chi connectivity index (χ0) is 26.8. The first-order valence-corrected chi connectivity index (χ1v) is 17.8. The Morgan fingerprint density at radius 1 is 0.973 bits per heavy atom. The highest BCUT2D eigenvalue weighted by molar-refractivity contribution is 9.12. The van der Waals surface area contributed by atoms with Gasteiger partial charge in [-0.25, -0.2) is 0 Å². The molecule has 4 aliphatic carbocycles. The minimum absolute atomic E-state index is 0.00894. The van der Waals surface area contributed by atoms with E-state index in [0.29, 0.717) is 22.6 Å². The van der Waals surface area contributed by atoms with Crippen LogP contribution >= 0.6 is 31.9 Å². The molecule has 4 rings (SSSR count). The summed E-state index contributed by atoms with van der Waals surface area (Å²) < 4.78 is 6.10. The average Bonchev–Trinajstić information content (AvgIpc) is 3.19. The van der Waals surface area contributed by atoms with Crippen LogP contribution < -0.4 is 0 Å². The fourth-order valence-electron chi connectivity index (χ4n) is 9.66. The summed E-state index contributed by atoms with van der Waals surface area (Å²) in [6, 6.07) is 0. The third kappa shape index (κ3) is 5.92. The molecule has 0 spiro atoms. The molecule has 2 nitrogen and oxygen atoms in total. The van der Waals surface area contributed by atoms with Crippen LogP contribution in [0.1, 0.15) is 144 Å². The fraction of sp³-hybridized carbons (Fsp3) is 0.970. The summed E-state index contributed by atoms with van der Waals surface area (Å²) >= 11 is 8.61. The van der Waals surface area contributed by atoms with Gasteiger partial charge in [0.05, 0.1) is 0 Å². The Balaban J connectivity index is 1.40. The fourth-order valence-corrected chi connectivity index (χ4v) is 11.8. The van der Waals surface area contributed by atoms with E-state index in [9.17, 15) is 4.79 Å². The minimum Gasteiger partial charge on any atom is -0.462 e. The third-order valence-electron chi connectivity index (χ3n) is 12.3. The van der Waals surface area contributed by atoms with Crippen molar-refractivity contribution in [1.29, 1.82) is 0 Å². The minimum atomic E-state index is 0.00894. The number of esters is 1. The van der Waals surface area contributed by atoms with E-state index in [1.54, 1.807) is 0 Å². The quantitative estimate of drug-likeness (QED) is 0.127. The van der Waals surface area contributed by atoms with E-state index in [4.69, 9.17) is 4.74 Å². The zero-order valence-electron chi connectivity index (χ0n) is 24.6. The summed E-state index contributed by atoms with van der Waals surface area (Å²) in [6.45, 7) is 11.9. The van der Waals surface area contributed by atoms with Gasteiger partial charge in [0.25, 0.3) is 0 Å². The predicted molar refractivity (Wildman–Crippen MR) is 163 cm³/mol. The molecule has 0 bridgehead atoms. The summed E-state index contributed by atoms with van der Waals surface area (Å²) in [4.78, 5) is 13.1. The van der Waals surface area contributed by atoms with Gasteiger partial charge in [0.15, 0.2) is 0 Å². The second-order valence-corrected chi connectivity index (χ2v) is 16.8. The van der Waals surface area contributed by atoms with E-state index in [1.807, 2.05) is 0 Å². The monoisotopic (exact) mass is 642 g/mol. The second-order valence-electron chi connectivity index (χ2n) is 14.3. The number of unbranched alkanes of at least 4 members (excludes halogenated alkanes) is 5. The Morgan fingerprint density at radius 2 is 1.70 bits per heavy atom. The molecule has 4 heteroatoms. The lowest BCUT2D eigenvalue weighted by molar-refractivity contribution is -0.158. The number of alkyl halides is 2. The van der Waals surface area contributed by atoms with Gasteiger partial charge in [-0.3, -0.25) is 4.79 Å². The summed E-state index contributed by atoms with van der Waals surface area (Å²) in [5.41, 5.74) is 0.824. The Hall–Kier alpha value is 0.430. The highest BCUT2D eigenvalue weighted by Crippen LogP contribution is 2.71. The van der Waals surface area contributed by atoms with Crippen molar-refractivity contribution in [3.8, 4) is 0 Å². The number of rotatable bonds is 11. The summed E-state index contributed by atoms with van der Waals surface area (Å²) in [7, 11) is 0.